The van der Waals surface area contributed by atoms with Crippen molar-refractivity contribution in [2.75, 3.05) is 0 Å². The lowest BCUT2D eigenvalue weighted by Crippen LogP contribution is -2.47. The maximum atomic E-state index is 12.8. The Hall–Kier alpha value is -1.09. The molecule has 1 amide bonds. The third-order valence-electron chi connectivity index (χ3n) is 4.08. The van der Waals surface area contributed by atoms with Crippen LogP contribution in [0.25, 0.3) is 0 Å². The molecular weight excluding hydrogens is 272 g/mol. The van der Waals surface area contributed by atoms with Gasteiger partial charge in [0, 0.05) is 23.3 Å². The molecule has 1 aliphatic rings. The Morgan fingerprint density at radius 1 is 1.30 bits per heavy atom. The Balaban J connectivity index is 2.32. The molecule has 0 radical (unpaired) electrons. The minimum atomic E-state index is 0.0795. The molecule has 1 aromatic rings. The maximum absolute atomic E-state index is 12.8. The van der Waals surface area contributed by atoms with E-state index in [1.165, 1.54) is 6.42 Å². The molecule has 2 heterocycles. The molecule has 20 heavy (non-hydrogen) atoms. The SMILES string of the molecule is CC(C)c1cc(C(=O)N2[C@H](C)CCC[C@@H]2C)cc(Cl)n1. The number of nitrogens with zero attached hydrogens (tertiary/aromatic N) is 2. The van der Waals surface area contributed by atoms with Gasteiger partial charge in [-0.05, 0) is 51.2 Å². The van der Waals surface area contributed by atoms with Crippen LogP contribution in [-0.4, -0.2) is 27.9 Å². The predicted octanol–water partition coefficient (Wildman–Crippen LogP) is 4.26. The van der Waals surface area contributed by atoms with Gasteiger partial charge in [-0.3, -0.25) is 4.79 Å². The average Bonchev–Trinajstić information content (AvgIpc) is 2.37. The molecular formula is C16H23ClN2O. The summed E-state index contributed by atoms with van der Waals surface area (Å²) in [4.78, 5) is 19.1. The van der Waals surface area contributed by atoms with Gasteiger partial charge in [0.25, 0.3) is 5.91 Å². The molecule has 0 unspecified atom stereocenters. The summed E-state index contributed by atoms with van der Waals surface area (Å²) in [6, 6.07) is 4.15. The number of pyridine rings is 1. The van der Waals surface area contributed by atoms with E-state index in [2.05, 4.69) is 32.7 Å². The number of piperidine rings is 1. The predicted molar refractivity (Wildman–Crippen MR) is 82.3 cm³/mol. The number of halogens is 1. The summed E-state index contributed by atoms with van der Waals surface area (Å²) < 4.78 is 0. The molecule has 110 valence electrons. The molecule has 0 aliphatic carbocycles. The highest BCUT2D eigenvalue weighted by Gasteiger charge is 2.30. The number of hydrogen-bond acceptors (Lipinski definition) is 2. The number of aromatic nitrogens is 1. The molecule has 0 N–H and O–H groups in total. The quantitative estimate of drug-likeness (QED) is 0.764. The lowest BCUT2D eigenvalue weighted by atomic mass is 9.96. The van der Waals surface area contributed by atoms with E-state index in [4.69, 9.17) is 11.6 Å². The van der Waals surface area contributed by atoms with Crippen molar-refractivity contribution >= 4 is 17.5 Å². The van der Waals surface area contributed by atoms with Gasteiger partial charge < -0.3 is 4.90 Å². The molecule has 2 atom stereocenters. The molecule has 0 bridgehead atoms. The third kappa shape index (κ3) is 3.14. The van der Waals surface area contributed by atoms with Crippen LogP contribution in [0.2, 0.25) is 5.15 Å². The van der Waals surface area contributed by atoms with Crippen LogP contribution in [0.5, 0.6) is 0 Å². The van der Waals surface area contributed by atoms with Crippen LogP contribution in [0, 0.1) is 0 Å². The summed E-state index contributed by atoms with van der Waals surface area (Å²) >= 11 is 6.07. The van der Waals surface area contributed by atoms with Crippen LogP contribution in [0.4, 0.5) is 0 Å². The second-order valence-electron chi connectivity index (χ2n) is 6.10. The van der Waals surface area contributed by atoms with Crippen LogP contribution in [0.1, 0.15) is 68.9 Å². The van der Waals surface area contributed by atoms with Crippen LogP contribution in [-0.2, 0) is 0 Å². The van der Waals surface area contributed by atoms with Crippen LogP contribution in [0.3, 0.4) is 0 Å². The summed E-state index contributed by atoms with van der Waals surface area (Å²) in [5.41, 5.74) is 1.53. The highest BCUT2D eigenvalue weighted by atomic mass is 35.5. The number of carbonyl (C=O) groups excluding carboxylic acids is 1. The fourth-order valence-corrected chi connectivity index (χ4v) is 3.12. The minimum Gasteiger partial charge on any atom is -0.333 e. The zero-order valence-electron chi connectivity index (χ0n) is 12.7. The van der Waals surface area contributed by atoms with Crippen molar-refractivity contribution in [3.05, 3.63) is 28.5 Å². The van der Waals surface area contributed by atoms with E-state index < -0.39 is 0 Å². The van der Waals surface area contributed by atoms with E-state index in [0.29, 0.717) is 22.8 Å². The second-order valence-corrected chi connectivity index (χ2v) is 6.49. The molecule has 1 fully saturated rings. The third-order valence-corrected chi connectivity index (χ3v) is 4.27. The fraction of sp³-hybridized carbons (Fsp3) is 0.625. The first-order valence-electron chi connectivity index (χ1n) is 7.40. The highest BCUT2D eigenvalue weighted by molar-refractivity contribution is 6.29. The van der Waals surface area contributed by atoms with Crippen LogP contribution >= 0.6 is 11.6 Å². The van der Waals surface area contributed by atoms with Crippen molar-refractivity contribution in [1.82, 2.24) is 9.88 Å². The summed E-state index contributed by atoms with van der Waals surface area (Å²) in [6.07, 6.45) is 3.35. The van der Waals surface area contributed by atoms with Gasteiger partial charge in [-0.2, -0.15) is 0 Å². The van der Waals surface area contributed by atoms with E-state index in [0.717, 1.165) is 18.5 Å². The molecule has 0 aromatic carbocycles. The maximum Gasteiger partial charge on any atom is 0.254 e. The van der Waals surface area contributed by atoms with Crippen molar-refractivity contribution in [3.8, 4) is 0 Å². The van der Waals surface area contributed by atoms with Crippen molar-refractivity contribution in [1.29, 1.82) is 0 Å². The molecule has 1 aliphatic heterocycles. The monoisotopic (exact) mass is 294 g/mol. The Kier molecular flexibility index (Phi) is 4.69. The number of hydrogen-bond donors (Lipinski definition) is 0. The van der Waals surface area contributed by atoms with Gasteiger partial charge >= 0.3 is 0 Å². The number of amides is 1. The molecule has 0 saturated carbocycles. The van der Waals surface area contributed by atoms with Gasteiger partial charge in [-0.15, -0.1) is 0 Å². The van der Waals surface area contributed by atoms with Gasteiger partial charge in [0.2, 0.25) is 0 Å². The smallest absolute Gasteiger partial charge is 0.254 e. The van der Waals surface area contributed by atoms with Crippen molar-refractivity contribution in [2.45, 2.75) is 65.0 Å². The molecule has 2 rings (SSSR count). The topological polar surface area (TPSA) is 33.2 Å². The van der Waals surface area contributed by atoms with E-state index >= 15 is 0 Å². The zero-order valence-corrected chi connectivity index (χ0v) is 13.4. The number of rotatable bonds is 2. The highest BCUT2D eigenvalue weighted by Crippen LogP contribution is 2.26. The molecule has 0 spiro atoms. The molecule has 4 heteroatoms. The van der Waals surface area contributed by atoms with E-state index in [-0.39, 0.29) is 11.8 Å². The normalized spacial score (nSPS) is 23.2. The first kappa shape index (κ1) is 15.3. The Bertz CT molecular complexity index is 491. The van der Waals surface area contributed by atoms with Gasteiger partial charge in [0.05, 0.1) is 0 Å². The number of carbonyl (C=O) groups is 1. The van der Waals surface area contributed by atoms with E-state index in [1.54, 1.807) is 6.07 Å². The Morgan fingerprint density at radius 2 is 1.90 bits per heavy atom. The van der Waals surface area contributed by atoms with Gasteiger partial charge in [-0.1, -0.05) is 25.4 Å². The second kappa shape index (κ2) is 6.13. The van der Waals surface area contributed by atoms with Crippen molar-refractivity contribution < 1.29 is 4.79 Å². The summed E-state index contributed by atoms with van der Waals surface area (Å²) in [7, 11) is 0. The Labute approximate surface area is 126 Å². The lowest BCUT2D eigenvalue weighted by Gasteiger charge is -2.39. The zero-order chi connectivity index (χ0) is 14.9. The molecule has 1 aromatic heterocycles. The molecule has 3 nitrogen and oxygen atoms in total. The summed E-state index contributed by atoms with van der Waals surface area (Å²) in [6.45, 7) is 8.36. The van der Waals surface area contributed by atoms with Crippen LogP contribution in [0.15, 0.2) is 12.1 Å². The summed E-state index contributed by atoms with van der Waals surface area (Å²) in [5.74, 6) is 0.340. The minimum absolute atomic E-state index is 0.0795. The van der Waals surface area contributed by atoms with Gasteiger partial charge in [-0.25, -0.2) is 4.98 Å². The van der Waals surface area contributed by atoms with Gasteiger partial charge in [0.1, 0.15) is 5.15 Å². The van der Waals surface area contributed by atoms with Crippen LogP contribution < -0.4 is 0 Å². The average molecular weight is 295 g/mol. The largest absolute Gasteiger partial charge is 0.333 e. The molecule has 1 saturated heterocycles. The standard InChI is InChI=1S/C16H23ClN2O/c1-10(2)14-8-13(9-15(17)18-14)16(20)19-11(3)6-5-7-12(19)4/h8-12H,5-7H2,1-4H3/t11-,12+. The van der Waals surface area contributed by atoms with E-state index in [1.807, 2.05) is 11.0 Å². The lowest BCUT2D eigenvalue weighted by molar-refractivity contribution is 0.0510. The first-order chi connectivity index (χ1) is 9.40. The fourth-order valence-electron chi connectivity index (χ4n) is 2.91. The van der Waals surface area contributed by atoms with E-state index in [9.17, 15) is 4.79 Å². The first-order valence-corrected chi connectivity index (χ1v) is 7.78. The Morgan fingerprint density at radius 3 is 2.45 bits per heavy atom. The van der Waals surface area contributed by atoms with Crippen molar-refractivity contribution in [2.24, 2.45) is 0 Å². The van der Waals surface area contributed by atoms with Gasteiger partial charge in [0.15, 0.2) is 0 Å². The number of likely N-dealkylation sites (tertiary alicyclic amines) is 1. The summed E-state index contributed by atoms with van der Waals surface area (Å²) in [5, 5.41) is 0.400. The van der Waals surface area contributed by atoms with Crippen molar-refractivity contribution in [3.63, 3.8) is 0 Å².